The number of aliphatic hydroxyl groups is 2. The molecule has 42 heavy (non-hydrogen) atoms. The Hall–Kier alpha value is -2.91. The highest BCUT2D eigenvalue weighted by Crippen LogP contribution is 2.51. The summed E-state index contributed by atoms with van der Waals surface area (Å²) in [5.74, 6) is -0.263. The maximum absolute atomic E-state index is 14.2. The summed E-state index contributed by atoms with van der Waals surface area (Å²) in [5.41, 5.74) is -8.99. The molecule has 2 atom stereocenters. The van der Waals surface area contributed by atoms with Crippen LogP contribution in [0.15, 0.2) is 47.4 Å². The van der Waals surface area contributed by atoms with Crippen LogP contribution in [0.2, 0.25) is 0 Å². The Morgan fingerprint density at radius 1 is 1.02 bits per heavy atom. The molecule has 1 aliphatic heterocycles. The van der Waals surface area contributed by atoms with Crippen LogP contribution in [0.4, 0.5) is 36.4 Å². The molecule has 0 aromatic heterocycles. The largest absolute Gasteiger partial charge is 0.497 e. The highest BCUT2D eigenvalue weighted by molar-refractivity contribution is 7.92. The monoisotopic (exact) mass is 629 g/mol. The molecule has 0 aliphatic carbocycles. The number of carbonyl (C=O) groups excluding carboxylic acids is 1. The van der Waals surface area contributed by atoms with Gasteiger partial charge < -0.3 is 14.9 Å². The molecule has 1 heterocycles. The fraction of sp³-hybridized carbons (Fsp3) is 0.519. The number of methoxy groups -OCH3 is 1. The van der Waals surface area contributed by atoms with Gasteiger partial charge in [-0.25, -0.2) is 12.8 Å². The van der Waals surface area contributed by atoms with Gasteiger partial charge in [0.1, 0.15) is 17.7 Å². The summed E-state index contributed by atoms with van der Waals surface area (Å²) >= 11 is 0. The third-order valence-corrected chi connectivity index (χ3v) is 9.04. The SMILES string of the molecule is COc1ccc(S(=O)(=O)N2c3ccc(C(O)(C(F)(F)F)C(F)(F)F)cc3CCC2CC(=O)CC[C@@H](F)C(C)(C)O)cc1. The summed E-state index contributed by atoms with van der Waals surface area (Å²) in [5, 5.41) is 19.6. The predicted molar refractivity (Wildman–Crippen MR) is 137 cm³/mol. The number of aryl methyl sites for hydroxylation is 1. The fourth-order valence-corrected chi connectivity index (χ4v) is 6.44. The number of ketones is 1. The number of rotatable bonds is 10. The van der Waals surface area contributed by atoms with Gasteiger partial charge in [-0.15, -0.1) is 0 Å². The van der Waals surface area contributed by atoms with Crippen molar-refractivity contribution >= 4 is 21.5 Å². The first-order chi connectivity index (χ1) is 19.1. The quantitative estimate of drug-likeness (QED) is 0.343. The van der Waals surface area contributed by atoms with Crippen LogP contribution in [0.3, 0.4) is 0 Å². The van der Waals surface area contributed by atoms with E-state index in [-0.39, 0.29) is 41.8 Å². The van der Waals surface area contributed by atoms with Crippen LogP contribution >= 0.6 is 0 Å². The molecule has 2 aromatic carbocycles. The van der Waals surface area contributed by atoms with E-state index < -0.39 is 63.6 Å². The highest BCUT2D eigenvalue weighted by atomic mass is 32.2. The minimum atomic E-state index is -6.14. The van der Waals surface area contributed by atoms with Gasteiger partial charge in [-0.05, 0) is 69.0 Å². The van der Waals surface area contributed by atoms with Crippen LogP contribution < -0.4 is 9.04 Å². The number of hydrogen-bond acceptors (Lipinski definition) is 6. The lowest BCUT2D eigenvalue weighted by Crippen LogP contribution is -2.54. The molecule has 15 heteroatoms. The van der Waals surface area contributed by atoms with E-state index in [1.165, 1.54) is 45.2 Å². The van der Waals surface area contributed by atoms with Gasteiger partial charge in [0.25, 0.3) is 15.6 Å². The van der Waals surface area contributed by atoms with Gasteiger partial charge in [0.05, 0.1) is 29.3 Å². The van der Waals surface area contributed by atoms with Gasteiger partial charge in [-0.3, -0.25) is 9.10 Å². The molecule has 2 aromatic rings. The van der Waals surface area contributed by atoms with Gasteiger partial charge in [-0.2, -0.15) is 26.3 Å². The average molecular weight is 630 g/mol. The summed E-state index contributed by atoms with van der Waals surface area (Å²) in [6.45, 7) is 2.44. The number of Topliss-reactive ketones (excluding diaryl/α,β-unsaturated/α-hetero) is 1. The molecular weight excluding hydrogens is 599 g/mol. The van der Waals surface area contributed by atoms with Crippen LogP contribution in [0.1, 0.15) is 50.7 Å². The summed E-state index contributed by atoms with van der Waals surface area (Å²) in [6.07, 6.45) is -15.6. The third-order valence-electron chi connectivity index (χ3n) is 7.16. The van der Waals surface area contributed by atoms with Crippen molar-refractivity contribution in [1.82, 2.24) is 0 Å². The molecule has 2 N–H and O–H groups in total. The van der Waals surface area contributed by atoms with Gasteiger partial charge >= 0.3 is 12.4 Å². The normalized spacial score (nSPS) is 17.5. The lowest BCUT2D eigenvalue weighted by molar-refractivity contribution is -0.376. The molecular formula is C27H30F7NO6S. The van der Waals surface area contributed by atoms with E-state index >= 15 is 0 Å². The molecule has 234 valence electrons. The van der Waals surface area contributed by atoms with E-state index in [4.69, 9.17) is 4.74 Å². The van der Waals surface area contributed by atoms with E-state index in [1.807, 2.05) is 0 Å². The minimum absolute atomic E-state index is 0.182. The van der Waals surface area contributed by atoms with E-state index in [1.54, 1.807) is 0 Å². The Bertz CT molecular complexity index is 1370. The van der Waals surface area contributed by atoms with Crippen molar-refractivity contribution in [3.63, 3.8) is 0 Å². The summed E-state index contributed by atoms with van der Waals surface area (Å²) < 4.78 is 129. The molecule has 1 aliphatic rings. The Kier molecular flexibility index (Phi) is 9.31. The number of fused-ring (bicyclic) bond motifs is 1. The topological polar surface area (TPSA) is 104 Å². The zero-order valence-electron chi connectivity index (χ0n) is 22.8. The molecule has 1 unspecified atom stereocenters. The Balaban J connectivity index is 2.08. The molecule has 0 saturated carbocycles. The molecule has 7 nitrogen and oxygen atoms in total. The first-order valence-electron chi connectivity index (χ1n) is 12.7. The standard InChI is InChI=1S/C27H30F7NO6S/c1-24(2,37)23(28)13-7-19(36)15-18-6-4-16-14-17(25(38,26(29,30)31)27(32,33)34)5-12-22(16)35(18)42(39,40)21-10-8-20(41-3)9-11-21/h5,8-12,14,18,23,37-38H,4,6-7,13,15H2,1-3H3/t18?,23-/m1/s1. The molecule has 0 fully saturated rings. The third kappa shape index (κ3) is 6.52. The van der Waals surface area contributed by atoms with Gasteiger partial charge in [0, 0.05) is 18.4 Å². The van der Waals surface area contributed by atoms with Crippen LogP contribution in [0.25, 0.3) is 0 Å². The molecule has 0 amide bonds. The first kappa shape index (κ1) is 33.6. The van der Waals surface area contributed by atoms with Crippen molar-refractivity contribution in [2.75, 3.05) is 11.4 Å². The number of benzene rings is 2. The minimum Gasteiger partial charge on any atom is -0.497 e. The van der Waals surface area contributed by atoms with Gasteiger partial charge in [0.2, 0.25) is 0 Å². The van der Waals surface area contributed by atoms with Crippen molar-refractivity contribution in [3.8, 4) is 5.75 Å². The number of hydrogen-bond donors (Lipinski definition) is 2. The lowest BCUT2D eigenvalue weighted by atomic mass is 9.87. The van der Waals surface area contributed by atoms with Crippen LogP contribution in [0.5, 0.6) is 5.75 Å². The Labute approximate surface area is 237 Å². The maximum atomic E-state index is 14.2. The zero-order chi connectivity index (χ0) is 31.9. The highest BCUT2D eigenvalue weighted by Gasteiger charge is 2.71. The number of halogens is 7. The molecule has 3 rings (SSSR count). The Morgan fingerprint density at radius 2 is 1.60 bits per heavy atom. The van der Waals surface area contributed by atoms with E-state index in [0.29, 0.717) is 17.9 Å². The van der Waals surface area contributed by atoms with Gasteiger partial charge in [0.15, 0.2) is 0 Å². The second kappa shape index (κ2) is 11.6. The van der Waals surface area contributed by atoms with Crippen LogP contribution in [0, 0.1) is 0 Å². The van der Waals surface area contributed by atoms with Crippen molar-refractivity contribution in [1.29, 1.82) is 0 Å². The van der Waals surface area contributed by atoms with Crippen molar-refractivity contribution < 1.29 is 58.9 Å². The van der Waals surface area contributed by atoms with E-state index in [0.717, 1.165) is 10.4 Å². The zero-order valence-corrected chi connectivity index (χ0v) is 23.6. The lowest BCUT2D eigenvalue weighted by Gasteiger charge is -2.39. The predicted octanol–water partition coefficient (Wildman–Crippen LogP) is 5.37. The van der Waals surface area contributed by atoms with Crippen molar-refractivity contribution in [2.24, 2.45) is 0 Å². The smallest absolute Gasteiger partial charge is 0.430 e. The fourth-order valence-electron chi connectivity index (χ4n) is 4.73. The number of ether oxygens (including phenoxy) is 1. The summed E-state index contributed by atoms with van der Waals surface area (Å²) in [4.78, 5) is 12.5. The van der Waals surface area contributed by atoms with Crippen molar-refractivity contribution in [3.05, 3.63) is 53.6 Å². The number of anilines is 1. The van der Waals surface area contributed by atoms with Crippen LogP contribution in [-0.2, 0) is 26.8 Å². The van der Waals surface area contributed by atoms with E-state index in [9.17, 15) is 54.2 Å². The van der Waals surface area contributed by atoms with Crippen LogP contribution in [-0.4, -0.2) is 61.7 Å². The molecule has 0 bridgehead atoms. The average Bonchev–Trinajstić information content (AvgIpc) is 2.88. The second-order valence-electron chi connectivity index (χ2n) is 10.6. The Morgan fingerprint density at radius 3 is 2.10 bits per heavy atom. The number of nitrogens with zero attached hydrogens (tertiary/aromatic N) is 1. The summed E-state index contributed by atoms with van der Waals surface area (Å²) in [7, 11) is -3.21. The summed E-state index contributed by atoms with van der Waals surface area (Å²) in [6, 6.07) is 5.43. The molecule has 0 spiro atoms. The molecule has 0 radical (unpaired) electrons. The maximum Gasteiger partial charge on any atom is 0.430 e. The second-order valence-corrected chi connectivity index (χ2v) is 12.4. The van der Waals surface area contributed by atoms with Gasteiger partial charge in [-0.1, -0.05) is 12.1 Å². The first-order valence-corrected chi connectivity index (χ1v) is 14.1. The van der Waals surface area contributed by atoms with Crippen molar-refractivity contribution in [2.45, 2.75) is 86.6 Å². The van der Waals surface area contributed by atoms with E-state index in [2.05, 4.69) is 0 Å². The molecule has 0 saturated heterocycles. The number of alkyl halides is 7. The number of sulfonamides is 1. The number of carbonyl (C=O) groups is 1.